The third-order valence-electron chi connectivity index (χ3n) is 6.88. The van der Waals surface area contributed by atoms with Gasteiger partial charge in [0.2, 0.25) is 0 Å². The highest BCUT2D eigenvalue weighted by atomic mass is 19.2. The molecule has 1 aromatic heterocycles. The van der Waals surface area contributed by atoms with E-state index in [4.69, 9.17) is 4.99 Å². The van der Waals surface area contributed by atoms with E-state index in [1.165, 1.54) is 42.2 Å². The molecule has 0 fully saturated rings. The summed E-state index contributed by atoms with van der Waals surface area (Å²) < 4.78 is 29.7. The Labute approximate surface area is 189 Å². The number of allylic oxidation sites excluding steroid dienone is 3. The van der Waals surface area contributed by atoms with Crippen molar-refractivity contribution < 1.29 is 8.63 Å². The quantitative estimate of drug-likeness (QED) is 0.234. The van der Waals surface area contributed by atoms with Crippen molar-refractivity contribution in [3.63, 3.8) is 0 Å². The number of hydrogen-bond donors (Lipinski definition) is 0. The molecular weight excluding hydrogens is 389 g/mol. The van der Waals surface area contributed by atoms with Crippen LogP contribution in [0.2, 0.25) is 0 Å². The van der Waals surface area contributed by atoms with Crippen molar-refractivity contribution in [3.8, 4) is 0 Å². The summed E-state index contributed by atoms with van der Waals surface area (Å²) in [5.74, 6) is 0. The molecular formula is C26H41BF2N2. The lowest BCUT2D eigenvalue weighted by molar-refractivity contribution is 0.592. The van der Waals surface area contributed by atoms with E-state index in [-0.39, 0.29) is 0 Å². The van der Waals surface area contributed by atoms with Crippen LogP contribution in [0.5, 0.6) is 0 Å². The zero-order valence-corrected chi connectivity index (χ0v) is 20.8. The maximum Gasteiger partial charge on any atom is 0.677 e. The molecule has 0 aromatic carbocycles. The second-order valence-corrected chi connectivity index (χ2v) is 8.89. The molecule has 31 heavy (non-hydrogen) atoms. The number of unbranched alkanes of at least 4 members (excludes halogenated alkanes) is 6. The Morgan fingerprint density at radius 1 is 0.871 bits per heavy atom. The van der Waals surface area contributed by atoms with Crippen LogP contribution in [0.25, 0.3) is 5.57 Å². The predicted octanol–water partition coefficient (Wildman–Crippen LogP) is 8.49. The van der Waals surface area contributed by atoms with Crippen molar-refractivity contribution in [2.24, 2.45) is 4.99 Å². The largest absolute Gasteiger partial charge is 0.677 e. The molecule has 0 aliphatic carbocycles. The minimum absolute atomic E-state index is 0.693. The summed E-state index contributed by atoms with van der Waals surface area (Å²) in [7, 11) is -2.54. The molecule has 0 N–H and O–H groups in total. The zero-order valence-electron chi connectivity index (χ0n) is 20.8. The summed E-state index contributed by atoms with van der Waals surface area (Å²) in [6.07, 6.45) is 11.0. The molecule has 0 radical (unpaired) electrons. The summed E-state index contributed by atoms with van der Waals surface area (Å²) in [5, 5.41) is 0. The number of nitrogens with zero attached hydrogens (tertiary/aromatic N) is 2. The molecule has 0 saturated heterocycles. The Kier molecular flexibility index (Phi) is 9.77. The predicted molar refractivity (Wildman–Crippen MR) is 132 cm³/mol. The maximum atomic E-state index is 14.2. The van der Waals surface area contributed by atoms with E-state index in [0.717, 1.165) is 65.8 Å². The van der Waals surface area contributed by atoms with Crippen molar-refractivity contribution in [1.82, 2.24) is 4.48 Å². The van der Waals surface area contributed by atoms with E-state index in [1.54, 1.807) is 0 Å². The van der Waals surface area contributed by atoms with E-state index in [0.29, 0.717) is 11.4 Å². The van der Waals surface area contributed by atoms with E-state index < -0.39 is 7.40 Å². The summed E-state index contributed by atoms with van der Waals surface area (Å²) in [6.45, 7) is 14.4. The molecule has 5 heteroatoms. The number of aliphatic imine (C=N–C) groups is 1. The standard InChI is InChI=1S/C26H41BF2N2/c1-8-11-12-13-14-15-16-17-24(25-18(4)22(9-2)20(6)30-25)26-19(5)23(10-3)21(7)31(26)27(28)29/h8-17H2,1-7H3/b25-24-. The van der Waals surface area contributed by atoms with Gasteiger partial charge >= 0.3 is 7.40 Å². The topological polar surface area (TPSA) is 17.3 Å². The van der Waals surface area contributed by atoms with Gasteiger partial charge in [0, 0.05) is 22.7 Å². The van der Waals surface area contributed by atoms with Gasteiger partial charge in [0.1, 0.15) is 0 Å². The first-order valence-electron chi connectivity index (χ1n) is 12.3. The van der Waals surface area contributed by atoms with Crippen LogP contribution >= 0.6 is 0 Å². The summed E-state index contributed by atoms with van der Waals surface area (Å²) in [5.41, 5.74) is 8.84. The molecule has 2 heterocycles. The summed E-state index contributed by atoms with van der Waals surface area (Å²) in [6, 6.07) is 0. The summed E-state index contributed by atoms with van der Waals surface area (Å²) in [4.78, 5) is 4.91. The van der Waals surface area contributed by atoms with Crippen molar-refractivity contribution in [2.45, 2.75) is 113 Å². The van der Waals surface area contributed by atoms with Crippen LogP contribution in [0.15, 0.2) is 21.8 Å². The molecule has 0 spiro atoms. The van der Waals surface area contributed by atoms with Crippen LogP contribution in [0.3, 0.4) is 0 Å². The number of rotatable bonds is 12. The first-order chi connectivity index (χ1) is 14.8. The van der Waals surface area contributed by atoms with Crippen molar-refractivity contribution in [2.75, 3.05) is 0 Å². The Bertz CT molecular complexity index is 859. The van der Waals surface area contributed by atoms with Crippen LogP contribution in [0, 0.1) is 13.8 Å². The van der Waals surface area contributed by atoms with Gasteiger partial charge in [-0.1, -0.05) is 59.3 Å². The average Bonchev–Trinajstić information content (AvgIpc) is 3.15. The molecule has 172 valence electrons. The lowest BCUT2D eigenvalue weighted by Crippen LogP contribution is -2.18. The first kappa shape index (κ1) is 25.6. The molecule has 0 amide bonds. The monoisotopic (exact) mass is 430 g/mol. The molecule has 0 unspecified atom stereocenters. The van der Waals surface area contributed by atoms with Crippen molar-refractivity contribution in [1.29, 1.82) is 0 Å². The van der Waals surface area contributed by atoms with E-state index in [1.807, 2.05) is 20.8 Å². The number of hydrogen-bond acceptors (Lipinski definition) is 1. The fourth-order valence-corrected chi connectivity index (χ4v) is 5.20. The third kappa shape index (κ3) is 5.59. The number of halogens is 2. The van der Waals surface area contributed by atoms with E-state index >= 15 is 0 Å². The zero-order chi connectivity index (χ0) is 23.1. The Hall–Kier alpha value is -1.65. The van der Waals surface area contributed by atoms with Crippen LogP contribution in [0.4, 0.5) is 8.63 Å². The minimum atomic E-state index is -2.54. The second kappa shape index (κ2) is 11.8. The Morgan fingerprint density at radius 2 is 1.48 bits per heavy atom. The van der Waals surface area contributed by atoms with Gasteiger partial charge in [-0.3, -0.25) is 13.6 Å². The molecule has 1 aliphatic heterocycles. The number of aromatic nitrogens is 1. The molecule has 1 aliphatic rings. The fourth-order valence-electron chi connectivity index (χ4n) is 5.20. The molecule has 1 aromatic rings. The van der Waals surface area contributed by atoms with Gasteiger partial charge < -0.3 is 4.48 Å². The SMILES string of the molecule is CCCCCCCCC/C(=C1/N=C(C)C(CC)=C1C)c1c(C)c(CC)c(C)n1B(F)F. The molecule has 0 atom stereocenters. The van der Waals surface area contributed by atoms with Crippen LogP contribution in [0.1, 0.15) is 115 Å². The van der Waals surface area contributed by atoms with Gasteiger partial charge in [0.25, 0.3) is 0 Å². The van der Waals surface area contributed by atoms with Gasteiger partial charge in [-0.05, 0) is 75.7 Å². The Morgan fingerprint density at radius 3 is 2.00 bits per heavy atom. The van der Waals surface area contributed by atoms with Crippen LogP contribution < -0.4 is 0 Å². The van der Waals surface area contributed by atoms with Crippen molar-refractivity contribution >= 4 is 18.7 Å². The lowest BCUT2D eigenvalue weighted by Gasteiger charge is -2.16. The highest BCUT2D eigenvalue weighted by molar-refractivity contribution is 6.41. The highest BCUT2D eigenvalue weighted by Gasteiger charge is 2.31. The molecule has 2 rings (SSSR count). The van der Waals surface area contributed by atoms with Crippen LogP contribution in [-0.2, 0) is 6.42 Å². The van der Waals surface area contributed by atoms with Gasteiger partial charge in [-0.15, -0.1) is 0 Å². The fraction of sp³-hybridized carbons (Fsp3) is 0.654. The van der Waals surface area contributed by atoms with E-state index in [9.17, 15) is 8.63 Å². The molecule has 0 bridgehead atoms. The second-order valence-electron chi connectivity index (χ2n) is 8.89. The molecule has 0 saturated carbocycles. The van der Waals surface area contributed by atoms with Crippen molar-refractivity contribution in [3.05, 3.63) is 39.4 Å². The Balaban J connectivity index is 2.49. The third-order valence-corrected chi connectivity index (χ3v) is 6.88. The van der Waals surface area contributed by atoms with Gasteiger partial charge in [0.05, 0.1) is 5.70 Å². The van der Waals surface area contributed by atoms with Gasteiger partial charge in [0.15, 0.2) is 0 Å². The first-order valence-corrected chi connectivity index (χ1v) is 12.3. The van der Waals surface area contributed by atoms with Gasteiger partial charge in [-0.25, -0.2) is 0 Å². The summed E-state index contributed by atoms with van der Waals surface area (Å²) >= 11 is 0. The maximum absolute atomic E-state index is 14.2. The smallest absolute Gasteiger partial charge is 0.329 e. The molecule has 2 nitrogen and oxygen atoms in total. The van der Waals surface area contributed by atoms with Gasteiger partial charge in [-0.2, -0.15) is 0 Å². The normalized spacial score (nSPS) is 15.7. The van der Waals surface area contributed by atoms with E-state index in [2.05, 4.69) is 27.7 Å². The highest BCUT2D eigenvalue weighted by Crippen LogP contribution is 2.39. The lowest BCUT2D eigenvalue weighted by atomic mass is 9.93. The minimum Gasteiger partial charge on any atom is -0.329 e. The van der Waals surface area contributed by atoms with Crippen LogP contribution in [-0.4, -0.2) is 17.6 Å². The average molecular weight is 430 g/mol.